The van der Waals surface area contributed by atoms with E-state index in [2.05, 4.69) is 67.7 Å². The molecule has 0 saturated heterocycles. The van der Waals surface area contributed by atoms with Crippen molar-refractivity contribution in [3.8, 4) is 0 Å². The summed E-state index contributed by atoms with van der Waals surface area (Å²) in [6, 6.07) is 29.2. The second-order valence-corrected chi connectivity index (χ2v) is 7.16. The SMILES string of the molecule is CCC(C)c1ccc(C2=NC(c3ccccc3)N=C(c3ccccc3)N2)cc1. The van der Waals surface area contributed by atoms with Crippen molar-refractivity contribution in [3.63, 3.8) is 0 Å². The van der Waals surface area contributed by atoms with Gasteiger partial charge in [0, 0.05) is 11.1 Å². The van der Waals surface area contributed by atoms with Gasteiger partial charge in [0.25, 0.3) is 0 Å². The number of hydrogen-bond acceptors (Lipinski definition) is 3. The molecule has 0 radical (unpaired) electrons. The first kappa shape index (κ1) is 18.2. The van der Waals surface area contributed by atoms with Crippen LogP contribution in [0.25, 0.3) is 0 Å². The highest BCUT2D eigenvalue weighted by atomic mass is 15.2. The molecule has 0 amide bonds. The predicted molar refractivity (Wildman–Crippen MR) is 117 cm³/mol. The minimum absolute atomic E-state index is 0.248. The van der Waals surface area contributed by atoms with Crippen LogP contribution in [0.15, 0.2) is 94.9 Å². The maximum absolute atomic E-state index is 4.91. The van der Waals surface area contributed by atoms with Crippen LogP contribution in [-0.4, -0.2) is 11.7 Å². The lowest BCUT2D eigenvalue weighted by molar-refractivity contribution is 0.733. The second kappa shape index (κ2) is 8.22. The Hall–Kier alpha value is -3.20. The highest BCUT2D eigenvalue weighted by molar-refractivity contribution is 6.15. The zero-order valence-corrected chi connectivity index (χ0v) is 16.3. The van der Waals surface area contributed by atoms with Gasteiger partial charge >= 0.3 is 0 Å². The molecule has 1 aliphatic rings. The van der Waals surface area contributed by atoms with Gasteiger partial charge in [0.2, 0.25) is 0 Å². The zero-order valence-electron chi connectivity index (χ0n) is 16.3. The van der Waals surface area contributed by atoms with E-state index < -0.39 is 0 Å². The Kier molecular flexibility index (Phi) is 5.34. The topological polar surface area (TPSA) is 36.8 Å². The monoisotopic (exact) mass is 367 g/mol. The van der Waals surface area contributed by atoms with Crippen molar-refractivity contribution in [1.29, 1.82) is 0 Å². The Morgan fingerprint density at radius 3 is 1.86 bits per heavy atom. The smallest absolute Gasteiger partial charge is 0.169 e. The van der Waals surface area contributed by atoms with Gasteiger partial charge in [-0.05, 0) is 23.5 Å². The molecule has 1 heterocycles. The number of hydrogen-bond donors (Lipinski definition) is 1. The number of nitrogens with zero attached hydrogens (tertiary/aromatic N) is 2. The summed E-state index contributed by atoms with van der Waals surface area (Å²) in [5.74, 6) is 2.28. The number of nitrogens with one attached hydrogen (secondary N) is 1. The van der Waals surface area contributed by atoms with Crippen LogP contribution in [0.4, 0.5) is 0 Å². The highest BCUT2D eigenvalue weighted by Gasteiger charge is 2.20. The fraction of sp³-hybridized carbons (Fsp3) is 0.200. The van der Waals surface area contributed by atoms with Crippen molar-refractivity contribution >= 4 is 11.7 Å². The first-order valence-corrected chi connectivity index (χ1v) is 9.88. The van der Waals surface area contributed by atoms with Gasteiger partial charge in [-0.3, -0.25) is 0 Å². The van der Waals surface area contributed by atoms with Crippen LogP contribution in [0.1, 0.15) is 54.6 Å². The minimum atomic E-state index is -0.248. The first-order chi connectivity index (χ1) is 13.7. The number of amidine groups is 2. The van der Waals surface area contributed by atoms with Crippen LogP contribution >= 0.6 is 0 Å². The molecule has 1 aliphatic heterocycles. The Morgan fingerprint density at radius 2 is 1.29 bits per heavy atom. The third kappa shape index (κ3) is 3.89. The zero-order chi connectivity index (χ0) is 19.3. The standard InChI is InChI=1S/C25H25N3/c1-3-18(2)19-14-16-22(17-15-19)25-27-23(20-10-6-4-7-11-20)26-24(28-25)21-12-8-5-9-13-21/h4-18,23H,3H2,1-2H3,(H,26,27,28). The van der Waals surface area contributed by atoms with Crippen molar-refractivity contribution in [2.24, 2.45) is 9.98 Å². The molecule has 0 bridgehead atoms. The van der Waals surface area contributed by atoms with Gasteiger partial charge < -0.3 is 5.32 Å². The second-order valence-electron chi connectivity index (χ2n) is 7.16. The van der Waals surface area contributed by atoms with E-state index in [1.807, 2.05) is 36.4 Å². The summed E-state index contributed by atoms with van der Waals surface area (Å²) in [6.45, 7) is 4.48. The summed E-state index contributed by atoms with van der Waals surface area (Å²) in [6.07, 6.45) is 0.890. The fourth-order valence-corrected chi connectivity index (χ4v) is 3.32. The van der Waals surface area contributed by atoms with Crippen LogP contribution in [0.3, 0.4) is 0 Å². The lowest BCUT2D eigenvalue weighted by Gasteiger charge is -2.22. The fourth-order valence-electron chi connectivity index (χ4n) is 3.32. The van der Waals surface area contributed by atoms with Crippen molar-refractivity contribution in [2.75, 3.05) is 0 Å². The van der Waals surface area contributed by atoms with Crippen LogP contribution in [0.2, 0.25) is 0 Å². The summed E-state index contributed by atoms with van der Waals surface area (Å²) >= 11 is 0. The van der Waals surface area contributed by atoms with Crippen LogP contribution in [-0.2, 0) is 0 Å². The lowest BCUT2D eigenvalue weighted by atomic mass is 9.97. The molecule has 0 aliphatic carbocycles. The van der Waals surface area contributed by atoms with E-state index in [0.717, 1.165) is 34.8 Å². The van der Waals surface area contributed by atoms with E-state index in [-0.39, 0.29) is 6.17 Å². The molecule has 140 valence electrons. The van der Waals surface area contributed by atoms with E-state index in [1.54, 1.807) is 0 Å². The third-order valence-corrected chi connectivity index (χ3v) is 5.25. The quantitative estimate of drug-likeness (QED) is 0.617. The van der Waals surface area contributed by atoms with Gasteiger partial charge in [-0.15, -0.1) is 0 Å². The molecule has 1 N–H and O–H groups in total. The average molecular weight is 367 g/mol. The highest BCUT2D eigenvalue weighted by Crippen LogP contribution is 2.25. The molecule has 0 fully saturated rings. The Labute approximate surface area is 166 Å². The Morgan fingerprint density at radius 1 is 0.750 bits per heavy atom. The van der Waals surface area contributed by atoms with Gasteiger partial charge in [0.15, 0.2) is 6.17 Å². The molecule has 3 aromatic rings. The number of aliphatic imine (C=N–C) groups is 2. The summed E-state index contributed by atoms with van der Waals surface area (Å²) in [7, 11) is 0. The molecule has 0 aromatic heterocycles. The molecular weight excluding hydrogens is 342 g/mol. The lowest BCUT2D eigenvalue weighted by Crippen LogP contribution is -2.36. The molecule has 0 spiro atoms. The average Bonchev–Trinajstić information content (AvgIpc) is 2.79. The molecule has 3 heteroatoms. The van der Waals surface area contributed by atoms with E-state index in [0.29, 0.717) is 5.92 Å². The molecule has 3 nitrogen and oxygen atoms in total. The number of rotatable bonds is 5. The van der Waals surface area contributed by atoms with E-state index in [1.165, 1.54) is 5.56 Å². The Bertz CT molecular complexity index is 973. The Balaban J connectivity index is 1.71. The molecular formula is C25H25N3. The van der Waals surface area contributed by atoms with Crippen LogP contribution in [0, 0.1) is 0 Å². The first-order valence-electron chi connectivity index (χ1n) is 9.88. The van der Waals surface area contributed by atoms with Crippen LogP contribution in [0.5, 0.6) is 0 Å². The van der Waals surface area contributed by atoms with E-state index in [4.69, 9.17) is 9.98 Å². The molecule has 28 heavy (non-hydrogen) atoms. The molecule has 4 rings (SSSR count). The maximum Gasteiger partial charge on any atom is 0.169 e. The molecule has 2 unspecified atom stereocenters. The summed E-state index contributed by atoms with van der Waals surface area (Å²) in [5.41, 5.74) is 4.59. The van der Waals surface area contributed by atoms with Crippen molar-refractivity contribution in [3.05, 3.63) is 107 Å². The molecule has 2 atom stereocenters. The number of benzene rings is 3. The summed E-state index contributed by atoms with van der Waals surface area (Å²) < 4.78 is 0. The van der Waals surface area contributed by atoms with Crippen molar-refractivity contribution < 1.29 is 0 Å². The van der Waals surface area contributed by atoms with Gasteiger partial charge in [0.05, 0.1) is 0 Å². The van der Waals surface area contributed by atoms with Crippen LogP contribution < -0.4 is 5.32 Å². The molecule has 3 aromatic carbocycles. The van der Waals surface area contributed by atoms with Gasteiger partial charge in [0.1, 0.15) is 11.7 Å². The normalized spacial score (nSPS) is 17.3. The minimum Gasteiger partial charge on any atom is -0.324 e. The van der Waals surface area contributed by atoms with Crippen molar-refractivity contribution in [2.45, 2.75) is 32.4 Å². The van der Waals surface area contributed by atoms with Crippen molar-refractivity contribution in [1.82, 2.24) is 5.32 Å². The summed E-state index contributed by atoms with van der Waals surface area (Å²) in [4.78, 5) is 9.79. The van der Waals surface area contributed by atoms with E-state index in [9.17, 15) is 0 Å². The third-order valence-electron chi connectivity index (χ3n) is 5.25. The predicted octanol–water partition coefficient (Wildman–Crippen LogP) is 5.70. The maximum atomic E-state index is 4.91. The summed E-state index contributed by atoms with van der Waals surface area (Å²) in [5, 5.41) is 3.45. The van der Waals surface area contributed by atoms with Gasteiger partial charge in [-0.1, -0.05) is 98.8 Å². The molecule has 0 saturated carbocycles. The van der Waals surface area contributed by atoms with Gasteiger partial charge in [-0.2, -0.15) is 0 Å². The van der Waals surface area contributed by atoms with Gasteiger partial charge in [-0.25, -0.2) is 9.98 Å². The largest absolute Gasteiger partial charge is 0.324 e. The van der Waals surface area contributed by atoms with E-state index >= 15 is 0 Å².